The lowest BCUT2D eigenvalue weighted by Gasteiger charge is -2.07. The van der Waals surface area contributed by atoms with Crippen molar-refractivity contribution in [3.8, 4) is 11.3 Å². The zero-order valence-corrected chi connectivity index (χ0v) is 10.3. The van der Waals surface area contributed by atoms with Gasteiger partial charge in [-0.1, -0.05) is 34.8 Å². The number of rotatable bonds is 1. The maximum Gasteiger partial charge on any atom is 0.0946 e. The molecular formula is C11H7Cl3N2. The molecule has 16 heavy (non-hydrogen) atoms. The van der Waals surface area contributed by atoms with E-state index in [2.05, 4.69) is 4.98 Å². The summed E-state index contributed by atoms with van der Waals surface area (Å²) in [6.45, 7) is 0. The molecule has 0 aliphatic heterocycles. The van der Waals surface area contributed by atoms with Gasteiger partial charge in [0.15, 0.2) is 0 Å². The van der Waals surface area contributed by atoms with Crippen LogP contribution >= 0.6 is 34.8 Å². The Balaban J connectivity index is 2.65. The molecule has 0 amide bonds. The summed E-state index contributed by atoms with van der Waals surface area (Å²) >= 11 is 17.8. The topological polar surface area (TPSA) is 38.9 Å². The number of hydrogen-bond donors (Lipinski definition) is 1. The number of nitrogen functional groups attached to an aromatic ring is 1. The van der Waals surface area contributed by atoms with E-state index in [1.807, 2.05) is 0 Å². The third-order valence-electron chi connectivity index (χ3n) is 2.10. The molecule has 0 spiro atoms. The highest BCUT2D eigenvalue weighted by atomic mass is 35.5. The lowest BCUT2D eigenvalue weighted by molar-refractivity contribution is 1.33. The van der Waals surface area contributed by atoms with Crippen LogP contribution in [0.4, 0.5) is 5.69 Å². The molecule has 5 heteroatoms. The van der Waals surface area contributed by atoms with Crippen molar-refractivity contribution in [2.75, 3.05) is 5.73 Å². The summed E-state index contributed by atoms with van der Waals surface area (Å²) in [4.78, 5) is 4.17. The van der Waals surface area contributed by atoms with Crippen LogP contribution in [0.15, 0.2) is 30.5 Å². The van der Waals surface area contributed by atoms with Crippen LogP contribution in [-0.2, 0) is 0 Å². The lowest BCUT2D eigenvalue weighted by atomic mass is 10.1. The van der Waals surface area contributed by atoms with E-state index in [0.29, 0.717) is 32.0 Å². The molecular weight excluding hydrogens is 266 g/mol. The van der Waals surface area contributed by atoms with E-state index in [1.165, 1.54) is 0 Å². The molecule has 0 saturated heterocycles. The van der Waals surface area contributed by atoms with Crippen molar-refractivity contribution < 1.29 is 0 Å². The minimum Gasteiger partial charge on any atom is -0.397 e. The zero-order chi connectivity index (χ0) is 11.7. The van der Waals surface area contributed by atoms with E-state index in [4.69, 9.17) is 40.5 Å². The summed E-state index contributed by atoms with van der Waals surface area (Å²) in [6.07, 6.45) is 1.64. The average molecular weight is 274 g/mol. The molecule has 2 nitrogen and oxygen atoms in total. The summed E-state index contributed by atoms with van der Waals surface area (Å²) in [7, 11) is 0. The van der Waals surface area contributed by atoms with Gasteiger partial charge in [0.2, 0.25) is 0 Å². The Kier molecular flexibility index (Phi) is 3.24. The second-order valence-corrected chi connectivity index (χ2v) is 4.41. The molecule has 0 atom stereocenters. The van der Waals surface area contributed by atoms with Crippen LogP contribution in [0.5, 0.6) is 0 Å². The van der Waals surface area contributed by atoms with Gasteiger partial charge in [0, 0.05) is 11.8 Å². The zero-order valence-electron chi connectivity index (χ0n) is 8.05. The predicted octanol–water partition coefficient (Wildman–Crippen LogP) is 4.29. The molecule has 0 radical (unpaired) electrons. The maximum atomic E-state index is 6.07. The number of hydrogen-bond acceptors (Lipinski definition) is 2. The SMILES string of the molecule is Nc1cccnc1-c1cc(Cl)c(Cl)cc1Cl. The van der Waals surface area contributed by atoms with Crippen LogP contribution in [-0.4, -0.2) is 4.98 Å². The fraction of sp³-hybridized carbons (Fsp3) is 0. The Morgan fingerprint density at radius 2 is 1.69 bits per heavy atom. The maximum absolute atomic E-state index is 6.07. The third-order valence-corrected chi connectivity index (χ3v) is 3.14. The lowest BCUT2D eigenvalue weighted by Crippen LogP contribution is -1.93. The fourth-order valence-corrected chi connectivity index (χ4v) is 1.98. The molecule has 0 fully saturated rings. The summed E-state index contributed by atoms with van der Waals surface area (Å²) < 4.78 is 0. The fourth-order valence-electron chi connectivity index (χ4n) is 1.35. The third kappa shape index (κ3) is 2.09. The van der Waals surface area contributed by atoms with E-state index < -0.39 is 0 Å². The largest absolute Gasteiger partial charge is 0.397 e. The van der Waals surface area contributed by atoms with Gasteiger partial charge in [0.25, 0.3) is 0 Å². The van der Waals surface area contributed by atoms with Crippen molar-refractivity contribution in [3.05, 3.63) is 45.5 Å². The van der Waals surface area contributed by atoms with Gasteiger partial charge in [-0.25, -0.2) is 0 Å². The van der Waals surface area contributed by atoms with Crippen LogP contribution in [0.3, 0.4) is 0 Å². The molecule has 0 bridgehead atoms. The number of nitrogens with zero attached hydrogens (tertiary/aromatic N) is 1. The van der Waals surface area contributed by atoms with Crippen LogP contribution < -0.4 is 5.73 Å². The summed E-state index contributed by atoms with van der Waals surface area (Å²) in [5, 5.41) is 1.30. The van der Waals surface area contributed by atoms with Crippen molar-refractivity contribution in [2.24, 2.45) is 0 Å². The molecule has 0 unspecified atom stereocenters. The van der Waals surface area contributed by atoms with E-state index in [0.717, 1.165) is 0 Å². The van der Waals surface area contributed by atoms with Gasteiger partial charge in [0.1, 0.15) is 0 Å². The van der Waals surface area contributed by atoms with Crippen molar-refractivity contribution in [1.82, 2.24) is 4.98 Å². The monoisotopic (exact) mass is 272 g/mol. The van der Waals surface area contributed by atoms with Gasteiger partial charge in [0.05, 0.1) is 26.4 Å². The van der Waals surface area contributed by atoms with Crippen molar-refractivity contribution in [3.63, 3.8) is 0 Å². The Bertz CT molecular complexity index is 541. The molecule has 2 rings (SSSR count). The Labute approximate surface area is 108 Å². The number of benzene rings is 1. The summed E-state index contributed by atoms with van der Waals surface area (Å²) in [6, 6.07) is 6.74. The molecule has 2 aromatic rings. The van der Waals surface area contributed by atoms with E-state index in [-0.39, 0.29) is 0 Å². The molecule has 0 aliphatic rings. The van der Waals surface area contributed by atoms with Gasteiger partial charge in [-0.15, -0.1) is 0 Å². The Hall–Kier alpha value is -0.960. The smallest absolute Gasteiger partial charge is 0.0946 e. The van der Waals surface area contributed by atoms with E-state index in [9.17, 15) is 0 Å². The normalized spacial score (nSPS) is 10.4. The minimum atomic E-state index is 0.407. The molecule has 0 saturated carbocycles. The molecule has 1 heterocycles. The molecule has 82 valence electrons. The van der Waals surface area contributed by atoms with Gasteiger partial charge in [-0.2, -0.15) is 0 Å². The number of nitrogens with two attached hydrogens (primary N) is 1. The molecule has 2 N–H and O–H groups in total. The Morgan fingerprint density at radius 1 is 1.00 bits per heavy atom. The van der Waals surface area contributed by atoms with Gasteiger partial charge < -0.3 is 5.73 Å². The highest BCUT2D eigenvalue weighted by Gasteiger charge is 2.11. The number of aromatic nitrogens is 1. The second kappa shape index (κ2) is 4.50. The molecule has 1 aromatic heterocycles. The number of anilines is 1. The summed E-state index contributed by atoms with van der Waals surface area (Å²) in [5.74, 6) is 0. The quantitative estimate of drug-likeness (QED) is 0.787. The highest BCUT2D eigenvalue weighted by molar-refractivity contribution is 6.44. The first-order valence-electron chi connectivity index (χ1n) is 4.45. The highest BCUT2D eigenvalue weighted by Crippen LogP contribution is 2.36. The van der Waals surface area contributed by atoms with Crippen molar-refractivity contribution in [2.45, 2.75) is 0 Å². The Morgan fingerprint density at radius 3 is 2.38 bits per heavy atom. The van der Waals surface area contributed by atoms with E-state index >= 15 is 0 Å². The standard InChI is InChI=1S/C11H7Cl3N2/c12-7-5-9(14)8(13)4-6(7)11-10(15)2-1-3-16-11/h1-5H,15H2. The summed E-state index contributed by atoms with van der Waals surface area (Å²) in [5.41, 5.74) is 7.63. The first-order chi connectivity index (χ1) is 7.59. The number of pyridine rings is 1. The van der Waals surface area contributed by atoms with Gasteiger partial charge >= 0.3 is 0 Å². The molecule has 1 aromatic carbocycles. The van der Waals surface area contributed by atoms with Gasteiger partial charge in [-0.3, -0.25) is 4.98 Å². The number of halogens is 3. The predicted molar refractivity (Wildman–Crippen MR) is 69.1 cm³/mol. The minimum absolute atomic E-state index is 0.407. The van der Waals surface area contributed by atoms with Crippen LogP contribution in [0.25, 0.3) is 11.3 Å². The van der Waals surface area contributed by atoms with Crippen LogP contribution in [0.1, 0.15) is 0 Å². The first kappa shape index (κ1) is 11.5. The van der Waals surface area contributed by atoms with E-state index in [1.54, 1.807) is 30.5 Å². The van der Waals surface area contributed by atoms with Crippen LogP contribution in [0, 0.1) is 0 Å². The van der Waals surface area contributed by atoms with Crippen molar-refractivity contribution >= 4 is 40.5 Å². The van der Waals surface area contributed by atoms with Gasteiger partial charge in [-0.05, 0) is 24.3 Å². The second-order valence-electron chi connectivity index (χ2n) is 3.19. The first-order valence-corrected chi connectivity index (χ1v) is 5.58. The van der Waals surface area contributed by atoms with Crippen LogP contribution in [0.2, 0.25) is 15.1 Å². The average Bonchev–Trinajstić information content (AvgIpc) is 2.25. The van der Waals surface area contributed by atoms with Crippen molar-refractivity contribution in [1.29, 1.82) is 0 Å². The molecule has 0 aliphatic carbocycles.